The number of aromatic nitrogens is 2. The number of ether oxygens (including phenoxy) is 2. The molecule has 9 nitrogen and oxygen atoms in total. The van der Waals surface area contributed by atoms with Gasteiger partial charge in [-0.1, -0.05) is 3.97 Å². The minimum absolute atomic E-state index is 0.00147. The van der Waals surface area contributed by atoms with Gasteiger partial charge in [0.2, 0.25) is 5.82 Å². The molecule has 116 valence electrons. The van der Waals surface area contributed by atoms with Crippen LogP contribution in [0.3, 0.4) is 0 Å². The summed E-state index contributed by atoms with van der Waals surface area (Å²) in [6.07, 6.45) is 0.908. The Balaban J connectivity index is 2.15. The van der Waals surface area contributed by atoms with Crippen LogP contribution in [0.15, 0.2) is 29.3 Å². The van der Waals surface area contributed by atoms with E-state index in [0.29, 0.717) is 22.9 Å². The van der Waals surface area contributed by atoms with E-state index in [0.717, 1.165) is 6.20 Å². The summed E-state index contributed by atoms with van der Waals surface area (Å²) in [5.41, 5.74) is 0. The highest BCUT2D eigenvalue weighted by atomic mass is 32.2. The van der Waals surface area contributed by atoms with Crippen molar-refractivity contribution in [3.63, 3.8) is 0 Å². The summed E-state index contributed by atoms with van der Waals surface area (Å²) < 4.78 is 36.6. The Morgan fingerprint density at radius 1 is 1.27 bits per heavy atom. The topological polar surface area (TPSA) is 114 Å². The van der Waals surface area contributed by atoms with E-state index in [1.807, 2.05) is 0 Å². The van der Waals surface area contributed by atoms with Crippen molar-refractivity contribution in [1.29, 1.82) is 0 Å². The minimum Gasteiger partial charge on any atom is -0.486 e. The maximum Gasteiger partial charge on any atom is 0.358 e. The molecule has 0 saturated carbocycles. The number of imidazole rings is 1. The molecule has 1 aliphatic rings. The summed E-state index contributed by atoms with van der Waals surface area (Å²) >= 11 is 0. The number of rotatable bonds is 3. The number of hydrogen-bond donors (Lipinski definition) is 0. The van der Waals surface area contributed by atoms with Crippen molar-refractivity contribution in [3.8, 4) is 11.5 Å². The maximum atomic E-state index is 12.6. The van der Waals surface area contributed by atoms with Crippen LogP contribution >= 0.6 is 0 Å². The quantitative estimate of drug-likeness (QED) is 0.613. The highest BCUT2D eigenvalue weighted by molar-refractivity contribution is 7.90. The van der Waals surface area contributed by atoms with Gasteiger partial charge in [0, 0.05) is 13.0 Å². The van der Waals surface area contributed by atoms with E-state index in [1.165, 1.54) is 25.1 Å². The van der Waals surface area contributed by atoms with Crippen LogP contribution in [0.2, 0.25) is 0 Å². The predicted octanol–water partition coefficient (Wildman–Crippen LogP) is 1.11. The minimum atomic E-state index is -4.16. The maximum absolute atomic E-state index is 12.6. The highest BCUT2D eigenvalue weighted by Gasteiger charge is 2.32. The second-order valence-corrected chi connectivity index (χ2v) is 6.28. The van der Waals surface area contributed by atoms with Gasteiger partial charge in [0.05, 0.1) is 0 Å². The lowest BCUT2D eigenvalue weighted by Crippen LogP contribution is -2.19. The molecule has 0 N–H and O–H groups in total. The molecular formula is C12H11N3O6S. The van der Waals surface area contributed by atoms with E-state index in [-0.39, 0.29) is 16.5 Å². The van der Waals surface area contributed by atoms with Crippen LogP contribution < -0.4 is 9.47 Å². The lowest BCUT2D eigenvalue weighted by molar-refractivity contribution is -0.390. The lowest BCUT2D eigenvalue weighted by atomic mass is 10.3. The van der Waals surface area contributed by atoms with E-state index < -0.39 is 20.8 Å². The number of nitrogens with zero attached hydrogens (tertiary/aromatic N) is 3. The zero-order valence-corrected chi connectivity index (χ0v) is 12.2. The molecule has 0 radical (unpaired) electrons. The fourth-order valence-corrected chi connectivity index (χ4v) is 3.59. The monoisotopic (exact) mass is 325 g/mol. The molecule has 0 atom stereocenters. The Morgan fingerprint density at radius 2 is 1.95 bits per heavy atom. The number of aryl methyl sites for hydroxylation is 1. The molecule has 0 spiro atoms. The average molecular weight is 325 g/mol. The molecule has 22 heavy (non-hydrogen) atoms. The average Bonchev–Trinajstić information content (AvgIpc) is 2.89. The van der Waals surface area contributed by atoms with Gasteiger partial charge >= 0.3 is 15.8 Å². The summed E-state index contributed by atoms with van der Waals surface area (Å²) in [4.78, 5) is 13.8. The van der Waals surface area contributed by atoms with Crippen molar-refractivity contribution < 1.29 is 22.8 Å². The molecule has 0 saturated heterocycles. The Hall–Kier alpha value is -2.62. The second-order valence-electron chi connectivity index (χ2n) is 4.50. The van der Waals surface area contributed by atoms with E-state index in [2.05, 4.69) is 4.98 Å². The standard InChI is InChI=1S/C12H11N3O6S/c1-8-13-7-12(15(16)17)14(8)22(18,19)9-2-3-10-11(6-9)21-5-4-20-10/h2-3,6-7H,4-5H2,1H3. The number of nitro groups is 1. The fourth-order valence-electron chi connectivity index (χ4n) is 2.13. The molecule has 1 aromatic heterocycles. The molecular weight excluding hydrogens is 314 g/mol. The molecule has 1 aromatic carbocycles. The highest BCUT2D eigenvalue weighted by Crippen LogP contribution is 2.33. The van der Waals surface area contributed by atoms with E-state index >= 15 is 0 Å². The van der Waals surface area contributed by atoms with Gasteiger partial charge in [-0.2, -0.15) is 8.42 Å². The van der Waals surface area contributed by atoms with Crippen molar-refractivity contribution in [2.75, 3.05) is 13.2 Å². The summed E-state index contributed by atoms with van der Waals surface area (Å²) in [7, 11) is -4.16. The molecule has 0 unspecified atom stereocenters. The van der Waals surface area contributed by atoms with Gasteiger partial charge in [0.15, 0.2) is 11.5 Å². The van der Waals surface area contributed by atoms with Crippen molar-refractivity contribution in [3.05, 3.63) is 40.3 Å². The van der Waals surface area contributed by atoms with Crippen LogP contribution in [0, 0.1) is 17.0 Å². The van der Waals surface area contributed by atoms with Crippen LogP contribution in [-0.4, -0.2) is 35.5 Å². The Kier molecular flexibility index (Phi) is 3.24. The predicted molar refractivity (Wildman–Crippen MR) is 73.6 cm³/mol. The smallest absolute Gasteiger partial charge is 0.358 e. The Morgan fingerprint density at radius 3 is 2.64 bits per heavy atom. The molecule has 3 rings (SSSR count). The van der Waals surface area contributed by atoms with Gasteiger partial charge in [0.1, 0.15) is 24.3 Å². The van der Waals surface area contributed by atoms with Gasteiger partial charge in [-0.05, 0) is 17.1 Å². The van der Waals surface area contributed by atoms with Crippen molar-refractivity contribution >= 4 is 15.8 Å². The molecule has 10 heteroatoms. The third-order valence-electron chi connectivity index (χ3n) is 3.11. The van der Waals surface area contributed by atoms with E-state index in [9.17, 15) is 18.5 Å². The molecule has 0 aliphatic carbocycles. The van der Waals surface area contributed by atoms with Crippen LogP contribution in [0.1, 0.15) is 5.82 Å². The zero-order chi connectivity index (χ0) is 15.9. The normalized spacial score (nSPS) is 13.9. The van der Waals surface area contributed by atoms with Gasteiger partial charge in [0.25, 0.3) is 0 Å². The van der Waals surface area contributed by atoms with Gasteiger partial charge < -0.3 is 19.6 Å². The molecule has 2 heterocycles. The van der Waals surface area contributed by atoms with Crippen LogP contribution in [0.4, 0.5) is 5.82 Å². The molecule has 0 fully saturated rings. The molecule has 1 aliphatic heterocycles. The van der Waals surface area contributed by atoms with Crippen molar-refractivity contribution in [1.82, 2.24) is 8.96 Å². The second kappa shape index (κ2) is 4.98. The Labute approximate surface area is 125 Å². The summed E-state index contributed by atoms with van der Waals surface area (Å²) in [6, 6.07) is 4.05. The molecule has 0 amide bonds. The Bertz CT molecular complexity index is 858. The summed E-state index contributed by atoms with van der Waals surface area (Å²) in [5, 5.41) is 11.0. The number of fused-ring (bicyclic) bond motifs is 1. The molecule has 2 aromatic rings. The summed E-state index contributed by atoms with van der Waals surface area (Å²) in [5.74, 6) is 0.101. The molecule has 0 bridgehead atoms. The van der Waals surface area contributed by atoms with E-state index in [1.54, 1.807) is 0 Å². The summed E-state index contributed by atoms with van der Waals surface area (Å²) in [6.45, 7) is 2.06. The van der Waals surface area contributed by atoms with Crippen LogP contribution in [0.5, 0.6) is 11.5 Å². The number of benzene rings is 1. The van der Waals surface area contributed by atoms with Crippen LogP contribution in [0.25, 0.3) is 0 Å². The number of hydrogen-bond acceptors (Lipinski definition) is 7. The first-order valence-electron chi connectivity index (χ1n) is 6.25. The zero-order valence-electron chi connectivity index (χ0n) is 11.4. The lowest BCUT2D eigenvalue weighted by Gasteiger charge is -2.18. The van der Waals surface area contributed by atoms with Gasteiger partial charge in [-0.25, -0.2) is 4.98 Å². The first-order valence-corrected chi connectivity index (χ1v) is 7.69. The van der Waals surface area contributed by atoms with Gasteiger partial charge in [-0.3, -0.25) is 0 Å². The third kappa shape index (κ3) is 2.17. The first-order chi connectivity index (χ1) is 10.4. The SMILES string of the molecule is Cc1ncc([N+](=O)[O-])n1S(=O)(=O)c1ccc2c(c1)OCCO2. The fraction of sp³-hybridized carbons (Fsp3) is 0.250. The largest absolute Gasteiger partial charge is 0.486 e. The van der Waals surface area contributed by atoms with E-state index in [4.69, 9.17) is 9.47 Å². The third-order valence-corrected chi connectivity index (χ3v) is 4.89. The van der Waals surface area contributed by atoms with Crippen molar-refractivity contribution in [2.45, 2.75) is 11.8 Å². The first kappa shape index (κ1) is 14.3. The van der Waals surface area contributed by atoms with Gasteiger partial charge in [-0.15, -0.1) is 0 Å². The van der Waals surface area contributed by atoms with Crippen molar-refractivity contribution in [2.24, 2.45) is 0 Å². The van der Waals surface area contributed by atoms with Crippen LogP contribution in [-0.2, 0) is 10.0 Å².